The summed E-state index contributed by atoms with van der Waals surface area (Å²) in [6, 6.07) is 10.4. The molecule has 5 nitrogen and oxygen atoms in total. The van der Waals surface area contributed by atoms with Gasteiger partial charge in [0.1, 0.15) is 0 Å². The molecular weight excluding hydrogens is 385 g/mol. The van der Waals surface area contributed by atoms with E-state index in [1.165, 1.54) is 5.56 Å². The zero-order valence-corrected chi connectivity index (χ0v) is 20.6. The summed E-state index contributed by atoms with van der Waals surface area (Å²) >= 11 is 0. The molecular formula is C21H32NNaO4S. The molecule has 0 aromatic heterocycles. The van der Waals surface area contributed by atoms with E-state index in [1.54, 1.807) is 13.8 Å². The summed E-state index contributed by atoms with van der Waals surface area (Å²) in [5.41, 5.74) is 0.277. The van der Waals surface area contributed by atoms with Crippen LogP contribution in [0.15, 0.2) is 42.5 Å². The van der Waals surface area contributed by atoms with Crippen LogP contribution < -0.4 is 34.9 Å². The third kappa shape index (κ3) is 11.4. The molecule has 0 bridgehead atoms. The van der Waals surface area contributed by atoms with Gasteiger partial charge < -0.3 is 9.87 Å². The van der Waals surface area contributed by atoms with Crippen molar-refractivity contribution in [2.45, 2.75) is 64.8 Å². The number of benzene rings is 1. The standard InChI is InChI=1S/C21H33NO4S.Na/c1-5-18(19-14-10-7-11-15-19)13-9-6-8-12-17(2)20(23)22-21(3,4)16-27(24,25)26;/h6-7,9-11,14-15,17-18H,5,8,12-13,16H2,1-4H3,(H,22,23)(H,24,25,26);/q;+1/p-1/b9-6+;. The summed E-state index contributed by atoms with van der Waals surface area (Å²) in [5, 5.41) is 2.66. The van der Waals surface area contributed by atoms with Crippen molar-refractivity contribution in [1.82, 2.24) is 5.32 Å². The SMILES string of the molecule is CCC(C/C=C/CCC(C)C(=O)NC(C)(C)CS(=O)(=O)[O-])c1ccccc1.[Na+]. The van der Waals surface area contributed by atoms with Crippen molar-refractivity contribution in [3.8, 4) is 0 Å². The molecule has 1 rings (SSSR count). The van der Waals surface area contributed by atoms with Gasteiger partial charge in [-0.05, 0) is 51.0 Å². The van der Waals surface area contributed by atoms with E-state index in [0.29, 0.717) is 12.3 Å². The molecule has 0 radical (unpaired) electrons. The van der Waals surface area contributed by atoms with E-state index in [4.69, 9.17) is 0 Å². The molecule has 0 aliphatic rings. The van der Waals surface area contributed by atoms with E-state index >= 15 is 0 Å². The average Bonchev–Trinajstić information content (AvgIpc) is 2.56. The second-order valence-corrected chi connectivity index (χ2v) is 9.18. The Labute approximate surface area is 192 Å². The van der Waals surface area contributed by atoms with E-state index in [1.807, 2.05) is 13.0 Å². The van der Waals surface area contributed by atoms with Gasteiger partial charge in [-0.1, -0.05) is 56.3 Å². The van der Waals surface area contributed by atoms with Gasteiger partial charge in [-0.25, -0.2) is 8.42 Å². The van der Waals surface area contributed by atoms with Crippen LogP contribution >= 0.6 is 0 Å². The van der Waals surface area contributed by atoms with Crippen molar-refractivity contribution in [1.29, 1.82) is 0 Å². The number of hydrogen-bond acceptors (Lipinski definition) is 4. The van der Waals surface area contributed by atoms with Gasteiger partial charge in [0.05, 0.1) is 15.9 Å². The maximum atomic E-state index is 12.2. The number of nitrogens with one attached hydrogen (secondary N) is 1. The van der Waals surface area contributed by atoms with Gasteiger partial charge in [-0.15, -0.1) is 0 Å². The van der Waals surface area contributed by atoms with E-state index in [-0.39, 0.29) is 41.4 Å². The Morgan fingerprint density at radius 1 is 1.21 bits per heavy atom. The molecule has 1 N–H and O–H groups in total. The van der Waals surface area contributed by atoms with Gasteiger partial charge in [0.2, 0.25) is 5.91 Å². The van der Waals surface area contributed by atoms with Gasteiger partial charge in [-0.2, -0.15) is 0 Å². The molecule has 0 aliphatic carbocycles. The predicted octanol–water partition coefficient (Wildman–Crippen LogP) is 0.987. The molecule has 0 aliphatic heterocycles. The summed E-state index contributed by atoms with van der Waals surface area (Å²) in [5.74, 6) is -0.596. The molecule has 7 heteroatoms. The number of allylic oxidation sites excluding steroid dienone is 2. The first-order valence-electron chi connectivity index (χ1n) is 9.49. The summed E-state index contributed by atoms with van der Waals surface area (Å²) in [4.78, 5) is 12.2. The molecule has 0 saturated carbocycles. The topological polar surface area (TPSA) is 86.3 Å². The molecule has 0 saturated heterocycles. The van der Waals surface area contributed by atoms with Crippen LogP contribution in [0.25, 0.3) is 0 Å². The normalized spacial score (nSPS) is 14.3. The van der Waals surface area contributed by atoms with Crippen LogP contribution in [-0.2, 0) is 14.9 Å². The Kier molecular flexibility index (Phi) is 12.5. The molecule has 0 spiro atoms. The first-order chi connectivity index (χ1) is 12.5. The Morgan fingerprint density at radius 2 is 1.82 bits per heavy atom. The van der Waals surface area contributed by atoms with Crippen LogP contribution in [0.4, 0.5) is 0 Å². The Bertz CT molecular complexity index is 717. The number of rotatable bonds is 11. The number of carbonyl (C=O) groups excluding carboxylic acids is 1. The van der Waals surface area contributed by atoms with E-state index in [9.17, 15) is 17.8 Å². The molecule has 1 aromatic carbocycles. The van der Waals surface area contributed by atoms with Crippen molar-refractivity contribution in [3.63, 3.8) is 0 Å². The summed E-state index contributed by atoms with van der Waals surface area (Å²) < 4.78 is 32.7. The molecule has 1 amide bonds. The van der Waals surface area contributed by atoms with Gasteiger partial charge in [0.15, 0.2) is 0 Å². The smallest absolute Gasteiger partial charge is 0.748 e. The first-order valence-corrected chi connectivity index (χ1v) is 11.1. The quantitative estimate of drug-likeness (QED) is 0.330. The van der Waals surface area contributed by atoms with Crippen molar-refractivity contribution in [2.75, 3.05) is 5.75 Å². The van der Waals surface area contributed by atoms with Gasteiger partial charge in [0, 0.05) is 11.5 Å². The van der Waals surface area contributed by atoms with Crippen molar-refractivity contribution in [2.24, 2.45) is 5.92 Å². The molecule has 2 atom stereocenters. The van der Waals surface area contributed by atoms with Crippen LogP contribution in [-0.4, -0.2) is 30.2 Å². The summed E-state index contributed by atoms with van der Waals surface area (Å²) in [6.45, 7) is 7.08. The minimum absolute atomic E-state index is 0. The minimum Gasteiger partial charge on any atom is -0.748 e. The Balaban J connectivity index is 0.00000729. The fourth-order valence-electron chi connectivity index (χ4n) is 3.05. The summed E-state index contributed by atoms with van der Waals surface area (Å²) in [7, 11) is -4.39. The molecule has 28 heavy (non-hydrogen) atoms. The molecule has 1 aromatic rings. The third-order valence-corrected chi connectivity index (χ3v) is 5.64. The van der Waals surface area contributed by atoms with Crippen LogP contribution in [0, 0.1) is 5.92 Å². The largest absolute Gasteiger partial charge is 1.00 e. The van der Waals surface area contributed by atoms with Crippen LogP contribution in [0.1, 0.15) is 64.9 Å². The minimum atomic E-state index is -4.39. The van der Waals surface area contributed by atoms with Crippen molar-refractivity contribution < 1.29 is 47.3 Å². The van der Waals surface area contributed by atoms with Crippen LogP contribution in [0.3, 0.4) is 0 Å². The fraction of sp³-hybridized carbons (Fsp3) is 0.571. The maximum Gasteiger partial charge on any atom is 1.00 e. The van der Waals surface area contributed by atoms with Gasteiger partial charge >= 0.3 is 29.6 Å². The molecule has 0 fully saturated rings. The van der Waals surface area contributed by atoms with E-state index in [0.717, 1.165) is 19.3 Å². The van der Waals surface area contributed by atoms with Crippen molar-refractivity contribution in [3.05, 3.63) is 48.0 Å². The zero-order valence-electron chi connectivity index (χ0n) is 17.8. The third-order valence-electron chi connectivity index (χ3n) is 4.56. The zero-order chi connectivity index (χ0) is 20.5. The van der Waals surface area contributed by atoms with Gasteiger partial charge in [0.25, 0.3) is 0 Å². The van der Waals surface area contributed by atoms with Crippen LogP contribution in [0.2, 0.25) is 0 Å². The molecule has 2 unspecified atom stereocenters. The monoisotopic (exact) mass is 417 g/mol. The Morgan fingerprint density at radius 3 is 2.36 bits per heavy atom. The predicted molar refractivity (Wildman–Crippen MR) is 108 cm³/mol. The maximum absolute atomic E-state index is 12.2. The number of amides is 1. The number of carbonyl (C=O) groups is 1. The van der Waals surface area contributed by atoms with Crippen LogP contribution in [0.5, 0.6) is 0 Å². The van der Waals surface area contributed by atoms with E-state index in [2.05, 4.69) is 48.7 Å². The average molecular weight is 418 g/mol. The first kappa shape index (κ1) is 27.3. The number of hydrogen-bond donors (Lipinski definition) is 1. The summed E-state index contributed by atoms with van der Waals surface area (Å²) in [6.07, 6.45) is 7.76. The van der Waals surface area contributed by atoms with Gasteiger partial charge in [-0.3, -0.25) is 4.79 Å². The fourth-order valence-corrected chi connectivity index (χ4v) is 4.01. The second-order valence-electron chi connectivity index (χ2n) is 7.78. The Hall–Kier alpha value is -0.660. The van der Waals surface area contributed by atoms with E-state index < -0.39 is 21.4 Å². The van der Waals surface area contributed by atoms with Crippen molar-refractivity contribution >= 4 is 16.0 Å². The second kappa shape index (κ2) is 12.8. The molecule has 0 heterocycles. The molecule has 152 valence electrons.